The Morgan fingerprint density at radius 2 is 1.75 bits per heavy atom. The molecule has 4 aromatic rings. The molecule has 0 aliphatic rings. The molecule has 4 rings (SSSR count). The number of amides is 2. The summed E-state index contributed by atoms with van der Waals surface area (Å²) in [6, 6.07) is 19.8. The van der Waals surface area contributed by atoms with Crippen LogP contribution in [0.4, 0.5) is 16.2 Å². The summed E-state index contributed by atoms with van der Waals surface area (Å²) in [6.45, 7) is 6.09. The van der Waals surface area contributed by atoms with E-state index in [4.69, 9.17) is 0 Å². The molecule has 0 fully saturated rings. The molecule has 1 aromatic heterocycles. The number of hydrogen-bond acceptors (Lipinski definition) is 6. The van der Waals surface area contributed by atoms with Gasteiger partial charge in [0, 0.05) is 29.3 Å². The summed E-state index contributed by atoms with van der Waals surface area (Å²) in [5.74, 6) is 1.18. The molecule has 0 spiro atoms. The Balaban J connectivity index is 1.54. The monoisotopic (exact) mass is 502 g/mol. The first-order valence-corrected chi connectivity index (χ1v) is 12.3. The predicted molar refractivity (Wildman–Crippen MR) is 141 cm³/mol. The van der Waals surface area contributed by atoms with Crippen molar-refractivity contribution in [3.05, 3.63) is 105 Å². The fourth-order valence-electron chi connectivity index (χ4n) is 3.72. The van der Waals surface area contributed by atoms with E-state index in [9.17, 15) is 14.9 Å². The van der Waals surface area contributed by atoms with Crippen LogP contribution in [0.3, 0.4) is 0 Å². The van der Waals surface area contributed by atoms with Crippen molar-refractivity contribution < 1.29 is 9.72 Å². The van der Waals surface area contributed by atoms with Crippen LogP contribution < -0.4 is 10.6 Å². The number of thioether (sulfide) groups is 1. The highest BCUT2D eigenvalue weighted by Crippen LogP contribution is 2.27. The maximum atomic E-state index is 12.6. The number of non-ortho nitro benzene ring substituents is 1. The average Bonchev–Trinajstić information content (AvgIpc) is 3.26. The second-order valence-electron chi connectivity index (χ2n) is 8.41. The van der Waals surface area contributed by atoms with Crippen molar-refractivity contribution in [1.82, 2.24) is 20.1 Å². The van der Waals surface area contributed by atoms with Crippen LogP contribution in [0.1, 0.15) is 28.1 Å². The number of benzene rings is 3. The van der Waals surface area contributed by atoms with Gasteiger partial charge in [-0.3, -0.25) is 14.7 Å². The van der Waals surface area contributed by atoms with Gasteiger partial charge in [0.25, 0.3) is 5.69 Å². The van der Waals surface area contributed by atoms with E-state index in [0.29, 0.717) is 22.4 Å². The molecule has 2 amide bonds. The molecular weight excluding hydrogens is 476 g/mol. The molecule has 0 unspecified atom stereocenters. The summed E-state index contributed by atoms with van der Waals surface area (Å²) in [6.07, 6.45) is 0. The minimum absolute atomic E-state index is 0.00620. The van der Waals surface area contributed by atoms with Gasteiger partial charge in [0.15, 0.2) is 11.0 Å². The van der Waals surface area contributed by atoms with E-state index in [1.165, 1.54) is 29.5 Å². The Morgan fingerprint density at radius 1 is 1.00 bits per heavy atom. The summed E-state index contributed by atoms with van der Waals surface area (Å²) in [5.41, 5.74) is 5.79. The van der Waals surface area contributed by atoms with Crippen LogP contribution in [0.2, 0.25) is 0 Å². The average molecular weight is 503 g/mol. The normalized spacial score (nSPS) is 10.8. The maximum Gasteiger partial charge on any atom is 0.319 e. The molecule has 9 nitrogen and oxygen atoms in total. The minimum Gasteiger partial charge on any atom is -0.331 e. The number of rotatable bonds is 8. The molecule has 3 aromatic carbocycles. The Bertz CT molecular complexity index is 1400. The van der Waals surface area contributed by atoms with Gasteiger partial charge in [-0.1, -0.05) is 59.3 Å². The zero-order chi connectivity index (χ0) is 25.7. The van der Waals surface area contributed by atoms with E-state index in [2.05, 4.69) is 26.9 Å². The molecular formula is C26H26N6O3S. The zero-order valence-electron chi connectivity index (χ0n) is 20.2. The summed E-state index contributed by atoms with van der Waals surface area (Å²) in [7, 11) is 0. The van der Waals surface area contributed by atoms with Crippen LogP contribution in [-0.4, -0.2) is 25.7 Å². The number of carbonyl (C=O) groups excluding carboxylic acids is 1. The van der Waals surface area contributed by atoms with Gasteiger partial charge in [0.05, 0.1) is 11.5 Å². The van der Waals surface area contributed by atoms with Crippen LogP contribution in [-0.2, 0) is 12.3 Å². The molecule has 0 bridgehead atoms. The van der Waals surface area contributed by atoms with Gasteiger partial charge in [-0.25, -0.2) is 4.79 Å². The van der Waals surface area contributed by atoms with Crippen molar-refractivity contribution in [2.24, 2.45) is 0 Å². The third-order valence-electron chi connectivity index (χ3n) is 5.51. The van der Waals surface area contributed by atoms with Gasteiger partial charge in [0.2, 0.25) is 0 Å². The minimum atomic E-state index is -0.441. The second-order valence-corrected chi connectivity index (χ2v) is 9.35. The SMILES string of the molecule is Cc1cccc(CSc2nnc(CNC(=O)Nc3ccc(C)cc3C)n2-c2ccc([N+](=O)[O-])cc2)c1. The lowest BCUT2D eigenvalue weighted by atomic mass is 10.1. The lowest BCUT2D eigenvalue weighted by Gasteiger charge is -2.12. The topological polar surface area (TPSA) is 115 Å². The number of urea groups is 1. The number of carbonyl (C=O) groups is 1. The van der Waals surface area contributed by atoms with Crippen LogP contribution in [0.25, 0.3) is 5.69 Å². The Labute approximate surface area is 213 Å². The number of nitro groups is 1. The lowest BCUT2D eigenvalue weighted by Crippen LogP contribution is -2.29. The first kappa shape index (κ1) is 24.9. The number of aromatic nitrogens is 3. The van der Waals surface area contributed by atoms with Gasteiger partial charge >= 0.3 is 6.03 Å². The Kier molecular flexibility index (Phi) is 7.65. The third-order valence-corrected chi connectivity index (χ3v) is 6.51. The van der Waals surface area contributed by atoms with Gasteiger partial charge in [-0.05, 0) is 50.1 Å². The van der Waals surface area contributed by atoms with Gasteiger partial charge in [-0.15, -0.1) is 10.2 Å². The van der Waals surface area contributed by atoms with E-state index >= 15 is 0 Å². The molecule has 0 radical (unpaired) electrons. The highest BCUT2D eigenvalue weighted by Gasteiger charge is 2.17. The highest BCUT2D eigenvalue weighted by molar-refractivity contribution is 7.98. The summed E-state index contributed by atoms with van der Waals surface area (Å²) >= 11 is 1.50. The molecule has 184 valence electrons. The van der Waals surface area contributed by atoms with E-state index in [1.807, 2.05) is 61.7 Å². The molecule has 10 heteroatoms. The molecule has 0 saturated heterocycles. The lowest BCUT2D eigenvalue weighted by molar-refractivity contribution is -0.384. The molecule has 36 heavy (non-hydrogen) atoms. The molecule has 1 heterocycles. The van der Waals surface area contributed by atoms with Gasteiger partial charge < -0.3 is 10.6 Å². The first-order valence-electron chi connectivity index (χ1n) is 11.3. The van der Waals surface area contributed by atoms with E-state index in [0.717, 1.165) is 22.4 Å². The van der Waals surface area contributed by atoms with Crippen molar-refractivity contribution in [2.75, 3.05) is 5.32 Å². The van der Waals surface area contributed by atoms with Gasteiger partial charge in [0.1, 0.15) is 0 Å². The van der Waals surface area contributed by atoms with Crippen molar-refractivity contribution in [2.45, 2.75) is 38.2 Å². The van der Waals surface area contributed by atoms with Crippen LogP contribution >= 0.6 is 11.8 Å². The van der Waals surface area contributed by atoms with Gasteiger partial charge in [-0.2, -0.15) is 0 Å². The zero-order valence-corrected chi connectivity index (χ0v) is 21.0. The third kappa shape index (κ3) is 6.08. The van der Waals surface area contributed by atoms with Crippen LogP contribution in [0.15, 0.2) is 71.9 Å². The Morgan fingerprint density at radius 3 is 2.44 bits per heavy atom. The number of nitrogens with zero attached hydrogens (tertiary/aromatic N) is 4. The number of aryl methyl sites for hydroxylation is 3. The molecule has 0 aliphatic heterocycles. The number of hydrogen-bond donors (Lipinski definition) is 2. The second kappa shape index (κ2) is 11.0. The number of nitrogens with one attached hydrogen (secondary N) is 2. The molecule has 0 atom stereocenters. The quantitative estimate of drug-likeness (QED) is 0.181. The molecule has 0 saturated carbocycles. The summed E-state index contributed by atoms with van der Waals surface area (Å²) < 4.78 is 1.81. The standard InChI is InChI=1S/C26H26N6O3S/c1-17-5-4-6-20(14-17)16-36-26-30-29-24(31(26)21-8-10-22(11-9-21)32(34)35)15-27-25(33)28-23-12-7-18(2)13-19(23)3/h4-14H,15-16H2,1-3H3,(H2,27,28,33). The first-order chi connectivity index (χ1) is 17.3. The fraction of sp³-hybridized carbons (Fsp3) is 0.192. The van der Waals surface area contributed by atoms with E-state index in [-0.39, 0.29) is 18.3 Å². The maximum absolute atomic E-state index is 12.6. The van der Waals surface area contributed by atoms with Crippen LogP contribution in [0.5, 0.6) is 0 Å². The Hall–Kier alpha value is -4.18. The van der Waals surface area contributed by atoms with E-state index in [1.54, 1.807) is 12.1 Å². The fourth-order valence-corrected chi connectivity index (χ4v) is 4.63. The predicted octanol–water partition coefficient (Wildman–Crippen LogP) is 5.71. The van der Waals surface area contributed by atoms with Crippen molar-refractivity contribution in [1.29, 1.82) is 0 Å². The smallest absolute Gasteiger partial charge is 0.319 e. The van der Waals surface area contributed by atoms with Crippen molar-refractivity contribution in [3.63, 3.8) is 0 Å². The molecule has 2 N–H and O–H groups in total. The largest absolute Gasteiger partial charge is 0.331 e. The van der Waals surface area contributed by atoms with Crippen molar-refractivity contribution in [3.8, 4) is 5.69 Å². The summed E-state index contributed by atoms with van der Waals surface area (Å²) in [5, 5.41) is 26.1. The number of anilines is 1. The van der Waals surface area contributed by atoms with Crippen molar-refractivity contribution >= 4 is 29.2 Å². The highest BCUT2D eigenvalue weighted by atomic mass is 32.2. The molecule has 0 aliphatic carbocycles. The van der Waals surface area contributed by atoms with E-state index < -0.39 is 4.92 Å². The van der Waals surface area contributed by atoms with Crippen LogP contribution in [0, 0.1) is 30.9 Å². The number of nitro benzene ring substituents is 1. The summed E-state index contributed by atoms with van der Waals surface area (Å²) in [4.78, 5) is 23.2.